The molecule has 1 aromatic carbocycles. The summed E-state index contributed by atoms with van der Waals surface area (Å²) in [6.45, 7) is 4.89. The number of rotatable bonds is 10. The van der Waals surface area contributed by atoms with Crippen molar-refractivity contribution >= 4 is 29.2 Å². The van der Waals surface area contributed by atoms with E-state index in [1.807, 2.05) is 35.8 Å². The summed E-state index contributed by atoms with van der Waals surface area (Å²) in [6, 6.07) is 11.2. The molecule has 1 amide bonds. The zero-order chi connectivity index (χ0) is 24.8. The molecule has 0 aliphatic rings. The minimum Gasteiger partial charge on any atom is -0.465 e. The average Bonchev–Trinajstić information content (AvgIpc) is 3.63. The van der Waals surface area contributed by atoms with Crippen molar-refractivity contribution in [3.8, 4) is 0 Å². The van der Waals surface area contributed by atoms with E-state index in [0.717, 1.165) is 40.4 Å². The van der Waals surface area contributed by atoms with Crippen LogP contribution in [0.25, 0.3) is 0 Å². The quantitative estimate of drug-likeness (QED) is 0.334. The summed E-state index contributed by atoms with van der Waals surface area (Å²) in [5.41, 5.74) is 1.84. The number of imidazole rings is 1. The summed E-state index contributed by atoms with van der Waals surface area (Å²) < 4.78 is 6.71. The van der Waals surface area contributed by atoms with Gasteiger partial charge in [0.1, 0.15) is 11.5 Å². The molecule has 4 rings (SSSR count). The number of aromatic amines is 1. The van der Waals surface area contributed by atoms with Crippen LogP contribution in [0.5, 0.6) is 0 Å². The number of amides is 1. The van der Waals surface area contributed by atoms with Crippen LogP contribution in [0, 0.1) is 6.92 Å². The maximum absolute atomic E-state index is 13.8. The molecule has 0 saturated heterocycles. The number of esters is 1. The lowest BCUT2D eigenvalue weighted by Gasteiger charge is -2.19. The largest absolute Gasteiger partial charge is 0.465 e. The number of hydrogen-bond acceptors (Lipinski definition) is 8. The van der Waals surface area contributed by atoms with Crippen LogP contribution in [0.1, 0.15) is 61.8 Å². The van der Waals surface area contributed by atoms with Crippen molar-refractivity contribution in [2.24, 2.45) is 0 Å². The number of H-pyrrole nitrogens is 1. The van der Waals surface area contributed by atoms with Gasteiger partial charge in [0.15, 0.2) is 0 Å². The number of aromatic nitrogens is 6. The number of nitrogens with one attached hydrogen (secondary N) is 1. The topological polar surface area (TPSA) is 119 Å². The number of benzene rings is 1. The number of aryl methyl sites for hydroxylation is 2. The number of nitrogens with zero attached hydrogens (tertiary/aromatic N) is 6. The molecular weight excluding hydrogens is 466 g/mol. The molecule has 0 fully saturated rings. The maximum atomic E-state index is 13.8. The van der Waals surface area contributed by atoms with Crippen LogP contribution in [-0.4, -0.2) is 49.2 Å². The second kappa shape index (κ2) is 11.0. The van der Waals surface area contributed by atoms with Gasteiger partial charge in [0.05, 0.1) is 25.4 Å². The smallest absolute Gasteiger partial charge is 0.337 e. The number of unbranched alkanes of at least 4 members (excludes halogenated alkanes) is 1. The Morgan fingerprint density at radius 2 is 1.97 bits per heavy atom. The Balaban J connectivity index is 1.67. The number of thiophene rings is 1. The summed E-state index contributed by atoms with van der Waals surface area (Å²) in [4.78, 5) is 33.9. The van der Waals surface area contributed by atoms with Crippen LogP contribution in [0.4, 0.5) is 5.95 Å². The number of carbonyl (C=O) groups excluding carboxylic acids is 2. The third-order valence-electron chi connectivity index (χ3n) is 5.56. The maximum Gasteiger partial charge on any atom is 0.337 e. The van der Waals surface area contributed by atoms with Gasteiger partial charge in [-0.1, -0.05) is 30.6 Å². The van der Waals surface area contributed by atoms with Crippen LogP contribution >= 0.6 is 11.3 Å². The Labute approximate surface area is 207 Å². The molecule has 0 radical (unpaired) electrons. The van der Waals surface area contributed by atoms with Crippen molar-refractivity contribution in [2.45, 2.75) is 46.2 Å². The lowest BCUT2D eigenvalue weighted by atomic mass is 10.1. The Morgan fingerprint density at radius 3 is 2.60 bits per heavy atom. The van der Waals surface area contributed by atoms with Crippen molar-refractivity contribution < 1.29 is 14.3 Å². The summed E-state index contributed by atoms with van der Waals surface area (Å²) in [7, 11) is 1.35. The number of ether oxygens (including phenoxy) is 1. The van der Waals surface area contributed by atoms with Gasteiger partial charge in [-0.15, -0.1) is 16.4 Å². The molecule has 3 heterocycles. The van der Waals surface area contributed by atoms with Gasteiger partial charge in [0, 0.05) is 22.7 Å². The van der Waals surface area contributed by atoms with Gasteiger partial charge in [0.25, 0.3) is 11.9 Å². The second-order valence-corrected chi connectivity index (χ2v) is 9.43. The third kappa shape index (κ3) is 5.62. The van der Waals surface area contributed by atoms with Crippen LogP contribution in [0.15, 0.2) is 42.6 Å². The highest BCUT2D eigenvalue weighted by Crippen LogP contribution is 2.22. The van der Waals surface area contributed by atoms with Gasteiger partial charge in [-0.3, -0.25) is 9.69 Å². The number of methoxy groups -OCH3 is 1. The van der Waals surface area contributed by atoms with E-state index in [0.29, 0.717) is 24.3 Å². The van der Waals surface area contributed by atoms with Gasteiger partial charge in [-0.05, 0) is 48.4 Å². The van der Waals surface area contributed by atoms with Crippen molar-refractivity contribution in [2.75, 3.05) is 12.0 Å². The number of carbonyl (C=O) groups is 2. The molecule has 0 bridgehead atoms. The average molecular weight is 494 g/mol. The number of anilines is 1. The summed E-state index contributed by atoms with van der Waals surface area (Å²) in [6.07, 6.45) is 4.32. The minimum absolute atomic E-state index is 0.200. The highest BCUT2D eigenvalue weighted by molar-refractivity contribution is 7.11. The molecule has 0 aliphatic heterocycles. The van der Waals surface area contributed by atoms with Crippen molar-refractivity contribution in [1.29, 1.82) is 0 Å². The van der Waals surface area contributed by atoms with Gasteiger partial charge < -0.3 is 9.30 Å². The zero-order valence-electron chi connectivity index (χ0n) is 19.9. The van der Waals surface area contributed by atoms with E-state index in [1.54, 1.807) is 29.7 Å². The predicted molar refractivity (Wildman–Crippen MR) is 131 cm³/mol. The van der Waals surface area contributed by atoms with E-state index in [4.69, 9.17) is 4.74 Å². The third-order valence-corrected chi connectivity index (χ3v) is 6.54. The lowest BCUT2D eigenvalue weighted by molar-refractivity contribution is 0.0600. The first-order valence-electron chi connectivity index (χ1n) is 11.3. The molecule has 0 aliphatic carbocycles. The number of hydrogen-bond donors (Lipinski definition) is 1. The van der Waals surface area contributed by atoms with Crippen molar-refractivity contribution in [3.63, 3.8) is 0 Å². The zero-order valence-corrected chi connectivity index (χ0v) is 20.7. The van der Waals surface area contributed by atoms with E-state index in [2.05, 4.69) is 32.5 Å². The molecule has 1 N–H and O–H groups in total. The Kier molecular flexibility index (Phi) is 7.66. The molecule has 11 heteroatoms. The monoisotopic (exact) mass is 493 g/mol. The Morgan fingerprint density at radius 1 is 1.17 bits per heavy atom. The molecular formula is C24H27N7O3S. The SMILES string of the molecule is CCCCc1ncc(C(=O)N(Cc2ccc(C)s2)c2nn[nH]n2)n1Cc1ccc(C(=O)OC)cc1. The molecule has 35 heavy (non-hydrogen) atoms. The lowest BCUT2D eigenvalue weighted by Crippen LogP contribution is -2.33. The Bertz CT molecular complexity index is 1280. The van der Waals surface area contributed by atoms with E-state index in [-0.39, 0.29) is 11.9 Å². The van der Waals surface area contributed by atoms with Crippen LogP contribution in [-0.2, 0) is 24.2 Å². The molecule has 0 atom stereocenters. The second-order valence-electron chi connectivity index (χ2n) is 8.05. The Hall–Kier alpha value is -3.86. The highest BCUT2D eigenvalue weighted by atomic mass is 32.1. The van der Waals surface area contributed by atoms with Gasteiger partial charge in [-0.2, -0.15) is 5.21 Å². The van der Waals surface area contributed by atoms with E-state index >= 15 is 0 Å². The predicted octanol–water partition coefficient (Wildman–Crippen LogP) is 3.79. The van der Waals surface area contributed by atoms with E-state index in [1.165, 1.54) is 12.0 Å². The molecule has 0 unspecified atom stereocenters. The summed E-state index contributed by atoms with van der Waals surface area (Å²) in [5, 5.41) is 14.2. The van der Waals surface area contributed by atoms with E-state index in [9.17, 15) is 9.59 Å². The van der Waals surface area contributed by atoms with Gasteiger partial charge >= 0.3 is 5.97 Å². The fourth-order valence-corrected chi connectivity index (χ4v) is 4.59. The normalized spacial score (nSPS) is 10.9. The molecule has 10 nitrogen and oxygen atoms in total. The standard InChI is InChI=1S/C24H27N7O3S/c1-4-5-6-21-25-13-20(30(21)14-17-8-10-18(11-9-17)23(33)34-3)22(32)31(24-26-28-29-27-24)15-19-12-7-16(2)35-19/h7-13H,4-6,14-15H2,1-3H3,(H,26,27,28,29). The van der Waals surface area contributed by atoms with E-state index < -0.39 is 5.97 Å². The summed E-state index contributed by atoms with van der Waals surface area (Å²) >= 11 is 1.61. The van der Waals surface area contributed by atoms with Crippen LogP contribution in [0.2, 0.25) is 0 Å². The van der Waals surface area contributed by atoms with Crippen molar-refractivity contribution in [3.05, 3.63) is 75.0 Å². The van der Waals surface area contributed by atoms with Crippen molar-refractivity contribution in [1.82, 2.24) is 30.2 Å². The minimum atomic E-state index is -0.391. The number of tetrazole rings is 1. The first-order valence-corrected chi connectivity index (χ1v) is 12.1. The fraction of sp³-hybridized carbons (Fsp3) is 0.333. The molecule has 182 valence electrons. The van der Waals surface area contributed by atoms with Crippen LogP contribution in [0.3, 0.4) is 0 Å². The van der Waals surface area contributed by atoms with Gasteiger partial charge in [0.2, 0.25) is 0 Å². The van der Waals surface area contributed by atoms with Gasteiger partial charge in [-0.25, -0.2) is 9.78 Å². The molecule has 3 aromatic heterocycles. The fourth-order valence-electron chi connectivity index (χ4n) is 3.71. The summed E-state index contributed by atoms with van der Waals surface area (Å²) in [5.74, 6) is 0.371. The first kappa shape index (κ1) is 24.3. The van der Waals surface area contributed by atoms with Crippen LogP contribution < -0.4 is 4.90 Å². The first-order chi connectivity index (χ1) is 17.0. The highest BCUT2D eigenvalue weighted by Gasteiger charge is 2.26. The molecule has 4 aromatic rings. The molecule has 0 saturated carbocycles. The molecule has 0 spiro atoms.